The monoisotopic (exact) mass is 248 g/mol. The van der Waals surface area contributed by atoms with E-state index in [4.69, 9.17) is 11.6 Å². The highest BCUT2D eigenvalue weighted by Crippen LogP contribution is 2.14. The third-order valence-electron chi connectivity index (χ3n) is 2.10. The number of rotatable bonds is 6. The molecule has 5 heteroatoms. The molecule has 90 valence electrons. The zero-order valence-electron chi connectivity index (χ0n) is 9.09. The summed E-state index contributed by atoms with van der Waals surface area (Å²) in [5.74, 6) is 0. The summed E-state index contributed by atoms with van der Waals surface area (Å²) in [5, 5.41) is 3.78. The van der Waals surface area contributed by atoms with Gasteiger partial charge in [0.2, 0.25) is 0 Å². The van der Waals surface area contributed by atoms with Crippen molar-refractivity contribution >= 4 is 17.3 Å². The molecule has 0 amide bonds. The van der Waals surface area contributed by atoms with E-state index in [9.17, 15) is 8.78 Å². The van der Waals surface area contributed by atoms with Gasteiger partial charge in [0.05, 0.1) is 6.54 Å². The van der Waals surface area contributed by atoms with Crippen LogP contribution < -0.4 is 5.32 Å². The molecule has 0 aliphatic heterocycles. The first-order chi connectivity index (χ1) is 7.58. The molecule has 0 saturated carbocycles. The van der Waals surface area contributed by atoms with Crippen molar-refractivity contribution in [2.24, 2.45) is 0 Å². The van der Waals surface area contributed by atoms with E-state index in [0.29, 0.717) is 18.1 Å². The van der Waals surface area contributed by atoms with Gasteiger partial charge < -0.3 is 5.32 Å². The van der Waals surface area contributed by atoms with Gasteiger partial charge in [0.15, 0.2) is 0 Å². The second kappa shape index (κ2) is 6.66. The Balaban J connectivity index is 2.25. The summed E-state index contributed by atoms with van der Waals surface area (Å²) < 4.78 is 24.0. The van der Waals surface area contributed by atoms with Crippen LogP contribution in [0.5, 0.6) is 0 Å². The van der Waals surface area contributed by atoms with E-state index in [1.165, 1.54) is 0 Å². The molecular formula is C11H15ClF2N2. The molecule has 0 aliphatic carbocycles. The molecule has 0 aliphatic rings. The van der Waals surface area contributed by atoms with Crippen LogP contribution in [0.25, 0.3) is 0 Å². The Morgan fingerprint density at radius 1 is 1.44 bits per heavy atom. The van der Waals surface area contributed by atoms with Gasteiger partial charge in [-0.3, -0.25) is 4.90 Å². The van der Waals surface area contributed by atoms with Gasteiger partial charge in [-0.2, -0.15) is 0 Å². The molecule has 0 spiro atoms. The van der Waals surface area contributed by atoms with Crippen molar-refractivity contribution in [2.75, 3.05) is 32.0 Å². The Hall–Kier alpha value is -0.870. The van der Waals surface area contributed by atoms with Crippen LogP contribution >= 0.6 is 11.6 Å². The van der Waals surface area contributed by atoms with Gasteiger partial charge in [0.25, 0.3) is 6.43 Å². The normalized spacial score (nSPS) is 11.1. The predicted octanol–water partition coefficient (Wildman–Crippen LogP) is 2.95. The van der Waals surface area contributed by atoms with Crippen LogP contribution in [0.3, 0.4) is 0 Å². The van der Waals surface area contributed by atoms with Crippen LogP contribution in [0, 0.1) is 0 Å². The minimum Gasteiger partial charge on any atom is -0.384 e. The van der Waals surface area contributed by atoms with Gasteiger partial charge in [-0.1, -0.05) is 17.7 Å². The SMILES string of the molecule is CN(CCNc1cccc(Cl)c1)CC(F)F. The maximum atomic E-state index is 12.0. The third-order valence-corrected chi connectivity index (χ3v) is 2.33. The van der Waals surface area contributed by atoms with Crippen molar-refractivity contribution < 1.29 is 8.78 Å². The van der Waals surface area contributed by atoms with Gasteiger partial charge >= 0.3 is 0 Å². The average Bonchev–Trinajstić information content (AvgIpc) is 2.16. The first kappa shape index (κ1) is 13.2. The summed E-state index contributed by atoms with van der Waals surface area (Å²) in [6.07, 6.45) is -2.28. The molecule has 0 heterocycles. The lowest BCUT2D eigenvalue weighted by Gasteiger charge is -2.16. The van der Waals surface area contributed by atoms with Crippen molar-refractivity contribution in [1.82, 2.24) is 4.90 Å². The van der Waals surface area contributed by atoms with E-state index in [-0.39, 0.29) is 6.54 Å². The number of halogens is 3. The van der Waals surface area contributed by atoms with Gasteiger partial charge in [-0.15, -0.1) is 0 Å². The maximum Gasteiger partial charge on any atom is 0.251 e. The molecule has 0 bridgehead atoms. The molecule has 1 aromatic rings. The van der Waals surface area contributed by atoms with Crippen molar-refractivity contribution in [3.05, 3.63) is 29.3 Å². The summed E-state index contributed by atoms with van der Waals surface area (Å²) in [6, 6.07) is 7.32. The number of alkyl halides is 2. The fourth-order valence-corrected chi connectivity index (χ4v) is 1.51. The van der Waals surface area contributed by atoms with E-state index in [2.05, 4.69) is 5.32 Å². The first-order valence-electron chi connectivity index (χ1n) is 5.04. The second-order valence-electron chi connectivity index (χ2n) is 3.59. The molecule has 0 aromatic heterocycles. The van der Waals surface area contributed by atoms with Gasteiger partial charge in [-0.05, 0) is 25.2 Å². The standard InChI is InChI=1S/C11H15ClF2N2/c1-16(8-11(13)14)6-5-15-10-4-2-3-9(12)7-10/h2-4,7,11,15H,5-6,8H2,1H3. The van der Waals surface area contributed by atoms with E-state index in [1.54, 1.807) is 24.1 Å². The average molecular weight is 249 g/mol. The molecule has 0 unspecified atom stereocenters. The third kappa shape index (κ3) is 5.28. The Kier molecular flexibility index (Phi) is 5.49. The number of benzene rings is 1. The largest absolute Gasteiger partial charge is 0.384 e. The van der Waals surface area contributed by atoms with Crippen molar-refractivity contribution in [2.45, 2.75) is 6.43 Å². The van der Waals surface area contributed by atoms with E-state index in [1.807, 2.05) is 12.1 Å². The maximum absolute atomic E-state index is 12.0. The van der Waals surface area contributed by atoms with Gasteiger partial charge in [-0.25, -0.2) is 8.78 Å². The van der Waals surface area contributed by atoms with E-state index in [0.717, 1.165) is 5.69 Å². The molecule has 1 aromatic carbocycles. The smallest absolute Gasteiger partial charge is 0.251 e. The number of nitrogens with zero attached hydrogens (tertiary/aromatic N) is 1. The first-order valence-corrected chi connectivity index (χ1v) is 5.42. The molecule has 1 N–H and O–H groups in total. The number of anilines is 1. The number of hydrogen-bond acceptors (Lipinski definition) is 2. The van der Waals surface area contributed by atoms with Crippen molar-refractivity contribution in [3.63, 3.8) is 0 Å². The molecule has 16 heavy (non-hydrogen) atoms. The molecule has 2 nitrogen and oxygen atoms in total. The molecule has 1 rings (SSSR count). The number of nitrogens with one attached hydrogen (secondary N) is 1. The summed E-state index contributed by atoms with van der Waals surface area (Å²) in [4.78, 5) is 1.59. The molecular weight excluding hydrogens is 234 g/mol. The quantitative estimate of drug-likeness (QED) is 0.833. The number of hydrogen-bond donors (Lipinski definition) is 1. The van der Waals surface area contributed by atoms with Crippen LogP contribution in [0.15, 0.2) is 24.3 Å². The van der Waals surface area contributed by atoms with Gasteiger partial charge in [0, 0.05) is 23.8 Å². The Morgan fingerprint density at radius 3 is 2.81 bits per heavy atom. The Bertz CT molecular complexity index is 321. The van der Waals surface area contributed by atoms with Crippen molar-refractivity contribution in [1.29, 1.82) is 0 Å². The van der Waals surface area contributed by atoms with E-state index >= 15 is 0 Å². The minimum absolute atomic E-state index is 0.197. The van der Waals surface area contributed by atoms with E-state index < -0.39 is 6.43 Å². The fourth-order valence-electron chi connectivity index (χ4n) is 1.32. The summed E-state index contributed by atoms with van der Waals surface area (Å²) in [6.45, 7) is 0.984. The Morgan fingerprint density at radius 2 is 2.19 bits per heavy atom. The zero-order valence-corrected chi connectivity index (χ0v) is 9.85. The topological polar surface area (TPSA) is 15.3 Å². The second-order valence-corrected chi connectivity index (χ2v) is 4.03. The summed E-state index contributed by atoms with van der Waals surface area (Å²) >= 11 is 5.81. The number of likely N-dealkylation sites (N-methyl/N-ethyl adjacent to an activating group) is 1. The van der Waals surface area contributed by atoms with Crippen LogP contribution in [0.4, 0.5) is 14.5 Å². The minimum atomic E-state index is -2.28. The fraction of sp³-hybridized carbons (Fsp3) is 0.455. The molecule has 0 fully saturated rings. The summed E-state index contributed by atoms with van der Waals surface area (Å²) in [7, 11) is 1.67. The lowest BCUT2D eigenvalue weighted by Crippen LogP contribution is -2.29. The predicted molar refractivity (Wildman–Crippen MR) is 63.4 cm³/mol. The Labute approximate surface area is 99.2 Å². The highest BCUT2D eigenvalue weighted by molar-refractivity contribution is 6.30. The molecule has 0 atom stereocenters. The van der Waals surface area contributed by atoms with Crippen LogP contribution in [0.2, 0.25) is 5.02 Å². The van der Waals surface area contributed by atoms with Crippen LogP contribution in [0.1, 0.15) is 0 Å². The highest BCUT2D eigenvalue weighted by Gasteiger charge is 2.06. The molecule has 0 saturated heterocycles. The molecule has 0 radical (unpaired) electrons. The van der Waals surface area contributed by atoms with Crippen LogP contribution in [-0.4, -0.2) is 38.0 Å². The lowest BCUT2D eigenvalue weighted by atomic mass is 10.3. The van der Waals surface area contributed by atoms with Gasteiger partial charge in [0.1, 0.15) is 0 Å². The van der Waals surface area contributed by atoms with Crippen LogP contribution in [-0.2, 0) is 0 Å². The lowest BCUT2D eigenvalue weighted by molar-refractivity contribution is 0.102. The van der Waals surface area contributed by atoms with Crippen molar-refractivity contribution in [3.8, 4) is 0 Å². The zero-order chi connectivity index (χ0) is 12.0. The highest BCUT2D eigenvalue weighted by atomic mass is 35.5. The summed E-state index contributed by atoms with van der Waals surface area (Å²) in [5.41, 5.74) is 0.901.